The molecule has 0 bridgehead atoms. The lowest BCUT2D eigenvalue weighted by molar-refractivity contribution is -0.138. The Morgan fingerprint density at radius 1 is 1.56 bits per heavy atom. The monoisotopic (exact) mass is 227 g/mol. The predicted octanol–water partition coefficient (Wildman–Crippen LogP) is 1.06. The van der Waals surface area contributed by atoms with Gasteiger partial charge in [0, 0.05) is 6.04 Å². The molecule has 0 fully saturated rings. The van der Waals surface area contributed by atoms with E-state index in [-0.39, 0.29) is 18.6 Å². The van der Waals surface area contributed by atoms with Crippen LogP contribution in [-0.4, -0.2) is 36.5 Å². The second kappa shape index (κ2) is 5.39. The minimum Gasteiger partial charge on any atom is -0.478 e. The first-order valence-corrected chi connectivity index (χ1v) is 5.02. The van der Waals surface area contributed by atoms with E-state index < -0.39 is 0 Å². The average Bonchev–Trinajstić information content (AvgIpc) is 2.69. The smallest absolute Gasteiger partial charge is 0.325 e. The van der Waals surface area contributed by atoms with Gasteiger partial charge in [-0.15, -0.1) is 5.10 Å². The fourth-order valence-corrected chi connectivity index (χ4v) is 1.15. The Hall–Kier alpha value is -1.72. The van der Waals surface area contributed by atoms with E-state index in [1.165, 1.54) is 14.2 Å². The molecular weight excluding hydrogens is 210 g/mol. The van der Waals surface area contributed by atoms with Gasteiger partial charge in [-0.05, 0) is 13.8 Å². The molecule has 0 unspecified atom stereocenters. The van der Waals surface area contributed by atoms with Gasteiger partial charge in [-0.2, -0.15) is 0 Å². The van der Waals surface area contributed by atoms with Gasteiger partial charge >= 0.3 is 5.97 Å². The van der Waals surface area contributed by atoms with Crippen molar-refractivity contribution in [2.45, 2.75) is 19.9 Å². The standard InChI is InChI=1S/C10H17N3O3/c1-7(2)13-6-8(10(12-13)16-4)11-5-9(14)15-3/h6-7,11H,5H2,1-4H3. The lowest BCUT2D eigenvalue weighted by Gasteiger charge is -2.03. The van der Waals surface area contributed by atoms with Gasteiger partial charge in [0.25, 0.3) is 5.88 Å². The van der Waals surface area contributed by atoms with E-state index in [0.717, 1.165) is 0 Å². The minimum absolute atomic E-state index is 0.0939. The third-order valence-electron chi connectivity index (χ3n) is 2.07. The van der Waals surface area contributed by atoms with E-state index in [1.807, 2.05) is 13.8 Å². The highest BCUT2D eigenvalue weighted by atomic mass is 16.5. The first kappa shape index (κ1) is 12.4. The van der Waals surface area contributed by atoms with Gasteiger partial charge in [0.15, 0.2) is 0 Å². The fourth-order valence-electron chi connectivity index (χ4n) is 1.15. The van der Waals surface area contributed by atoms with Gasteiger partial charge in [0.05, 0.1) is 20.4 Å². The molecule has 6 heteroatoms. The highest BCUT2D eigenvalue weighted by Gasteiger charge is 2.11. The van der Waals surface area contributed by atoms with Crippen LogP contribution < -0.4 is 10.1 Å². The fraction of sp³-hybridized carbons (Fsp3) is 0.600. The number of ether oxygens (including phenoxy) is 2. The summed E-state index contributed by atoms with van der Waals surface area (Å²) in [5.74, 6) is 0.136. The molecule has 0 aliphatic rings. The zero-order chi connectivity index (χ0) is 12.1. The molecule has 1 rings (SSSR count). The molecule has 0 saturated heterocycles. The molecule has 0 aliphatic carbocycles. The van der Waals surface area contributed by atoms with E-state index >= 15 is 0 Å². The maximum atomic E-state index is 11.0. The molecule has 0 atom stereocenters. The SMILES string of the molecule is COC(=O)CNc1cn(C(C)C)nc1OC. The second-order valence-electron chi connectivity index (χ2n) is 3.56. The van der Waals surface area contributed by atoms with E-state index in [9.17, 15) is 4.79 Å². The summed E-state index contributed by atoms with van der Waals surface area (Å²) in [6, 6.07) is 0.238. The summed E-state index contributed by atoms with van der Waals surface area (Å²) in [4.78, 5) is 11.0. The Bertz CT molecular complexity index is 360. The maximum Gasteiger partial charge on any atom is 0.325 e. The van der Waals surface area contributed by atoms with Gasteiger partial charge in [0.2, 0.25) is 0 Å². The molecule has 0 saturated carbocycles. The number of aromatic nitrogens is 2. The molecule has 1 N–H and O–H groups in total. The van der Waals surface area contributed by atoms with Gasteiger partial charge in [-0.25, -0.2) is 0 Å². The van der Waals surface area contributed by atoms with Crippen LogP contribution in [0.3, 0.4) is 0 Å². The maximum absolute atomic E-state index is 11.0. The topological polar surface area (TPSA) is 65.4 Å². The number of rotatable bonds is 5. The zero-order valence-electron chi connectivity index (χ0n) is 9.98. The van der Waals surface area contributed by atoms with Crippen molar-refractivity contribution in [2.75, 3.05) is 26.1 Å². The third-order valence-corrected chi connectivity index (χ3v) is 2.07. The summed E-state index contributed by atoms with van der Waals surface area (Å²) in [7, 11) is 2.88. The Kier molecular flexibility index (Phi) is 4.16. The predicted molar refractivity (Wildman–Crippen MR) is 59.7 cm³/mol. The number of methoxy groups -OCH3 is 2. The molecule has 90 valence electrons. The summed E-state index contributed by atoms with van der Waals surface area (Å²) in [6.45, 7) is 4.11. The van der Waals surface area contributed by atoms with Gasteiger partial charge in [-0.3, -0.25) is 9.48 Å². The van der Waals surface area contributed by atoms with Crippen LogP contribution in [0.25, 0.3) is 0 Å². The van der Waals surface area contributed by atoms with E-state index in [4.69, 9.17) is 4.74 Å². The molecule has 1 aromatic rings. The molecule has 0 spiro atoms. The van der Waals surface area contributed by atoms with E-state index in [1.54, 1.807) is 10.9 Å². The van der Waals surface area contributed by atoms with Crippen molar-refractivity contribution in [3.05, 3.63) is 6.20 Å². The lowest BCUT2D eigenvalue weighted by Crippen LogP contribution is -2.15. The van der Waals surface area contributed by atoms with Crippen LogP contribution in [0.1, 0.15) is 19.9 Å². The Morgan fingerprint density at radius 3 is 2.75 bits per heavy atom. The zero-order valence-corrected chi connectivity index (χ0v) is 9.98. The van der Waals surface area contributed by atoms with E-state index in [2.05, 4.69) is 15.2 Å². The Labute approximate surface area is 94.5 Å². The highest BCUT2D eigenvalue weighted by Crippen LogP contribution is 2.23. The Morgan fingerprint density at radius 2 is 2.25 bits per heavy atom. The Balaban J connectivity index is 2.74. The largest absolute Gasteiger partial charge is 0.478 e. The number of carbonyl (C=O) groups is 1. The molecule has 0 amide bonds. The molecule has 1 heterocycles. The van der Waals surface area contributed by atoms with Crippen molar-refractivity contribution in [3.63, 3.8) is 0 Å². The van der Waals surface area contributed by atoms with Crippen molar-refractivity contribution in [2.24, 2.45) is 0 Å². The molecular formula is C10H17N3O3. The van der Waals surface area contributed by atoms with Gasteiger partial charge < -0.3 is 14.8 Å². The normalized spacial score (nSPS) is 10.3. The van der Waals surface area contributed by atoms with E-state index in [0.29, 0.717) is 11.6 Å². The number of nitrogens with zero attached hydrogens (tertiary/aromatic N) is 2. The number of carbonyl (C=O) groups excluding carboxylic acids is 1. The van der Waals surface area contributed by atoms with Crippen LogP contribution in [0.15, 0.2) is 6.20 Å². The summed E-state index contributed by atoms with van der Waals surface area (Å²) in [5, 5.41) is 7.12. The first-order valence-electron chi connectivity index (χ1n) is 5.02. The number of hydrogen-bond acceptors (Lipinski definition) is 5. The lowest BCUT2D eigenvalue weighted by atomic mass is 10.4. The van der Waals surface area contributed by atoms with Crippen molar-refractivity contribution < 1.29 is 14.3 Å². The first-order chi connectivity index (χ1) is 7.58. The molecule has 0 radical (unpaired) electrons. The van der Waals surface area contributed by atoms with Crippen molar-refractivity contribution in [1.82, 2.24) is 9.78 Å². The molecule has 0 aliphatic heterocycles. The van der Waals surface area contributed by atoms with Crippen molar-refractivity contribution in [1.29, 1.82) is 0 Å². The van der Waals surface area contributed by atoms with Gasteiger partial charge in [0.1, 0.15) is 12.2 Å². The second-order valence-corrected chi connectivity index (χ2v) is 3.56. The number of esters is 1. The van der Waals surface area contributed by atoms with Crippen molar-refractivity contribution in [3.8, 4) is 5.88 Å². The average molecular weight is 227 g/mol. The number of hydrogen-bond donors (Lipinski definition) is 1. The van der Waals surface area contributed by atoms with Gasteiger partial charge in [-0.1, -0.05) is 0 Å². The summed E-state index contributed by atoms with van der Waals surface area (Å²) >= 11 is 0. The summed E-state index contributed by atoms with van der Waals surface area (Å²) in [6.07, 6.45) is 1.80. The van der Waals surface area contributed by atoms with Crippen molar-refractivity contribution >= 4 is 11.7 Å². The molecule has 1 aromatic heterocycles. The summed E-state index contributed by atoms with van der Waals surface area (Å²) in [5.41, 5.74) is 0.682. The van der Waals surface area contributed by atoms with Crippen LogP contribution in [0, 0.1) is 0 Å². The van der Waals surface area contributed by atoms with Crippen LogP contribution in [0.4, 0.5) is 5.69 Å². The van der Waals surface area contributed by atoms with Crippen LogP contribution in [0.5, 0.6) is 5.88 Å². The number of anilines is 1. The third kappa shape index (κ3) is 2.88. The molecule has 0 aromatic carbocycles. The van der Waals surface area contributed by atoms with Crippen LogP contribution in [-0.2, 0) is 9.53 Å². The highest BCUT2D eigenvalue weighted by molar-refractivity contribution is 5.75. The van der Waals surface area contributed by atoms with Crippen LogP contribution >= 0.6 is 0 Å². The molecule has 16 heavy (non-hydrogen) atoms. The minimum atomic E-state index is -0.334. The quantitative estimate of drug-likeness (QED) is 0.762. The van der Waals surface area contributed by atoms with Crippen LogP contribution in [0.2, 0.25) is 0 Å². The summed E-state index contributed by atoms with van der Waals surface area (Å²) < 4.78 is 11.4. The molecule has 6 nitrogen and oxygen atoms in total. The number of nitrogens with one attached hydrogen (secondary N) is 1.